The average Bonchev–Trinajstić information content (AvgIpc) is 2.58. The van der Waals surface area contributed by atoms with Gasteiger partial charge in [0.1, 0.15) is 0 Å². The summed E-state index contributed by atoms with van der Waals surface area (Å²) in [4.78, 5) is 8.21. The summed E-state index contributed by atoms with van der Waals surface area (Å²) in [6.45, 7) is 0.490. The molecule has 0 unspecified atom stereocenters. The van der Waals surface area contributed by atoms with Crippen LogP contribution in [0.25, 0.3) is 0 Å². The van der Waals surface area contributed by atoms with E-state index in [-0.39, 0.29) is 0 Å². The molecule has 6 nitrogen and oxygen atoms in total. The van der Waals surface area contributed by atoms with Gasteiger partial charge in [-0.3, -0.25) is 4.98 Å². The van der Waals surface area contributed by atoms with Gasteiger partial charge in [-0.15, -0.1) is 5.10 Å². The van der Waals surface area contributed by atoms with E-state index < -0.39 is 11.6 Å². The minimum absolute atomic E-state index is 0.307. The first-order chi connectivity index (χ1) is 11.2. The molecular weight excluding hydrogens is 302 g/mol. The maximum absolute atomic E-state index is 13.2. The van der Waals surface area contributed by atoms with E-state index in [1.807, 2.05) is 12.1 Å². The number of anilines is 3. The summed E-state index contributed by atoms with van der Waals surface area (Å²) < 4.78 is 26.1. The predicted octanol–water partition coefficient (Wildman–Crippen LogP) is 2.90. The number of hydrogen-bond acceptors (Lipinski definition) is 6. The normalized spacial score (nSPS) is 10.3. The van der Waals surface area contributed by atoms with Crippen molar-refractivity contribution in [2.75, 3.05) is 10.6 Å². The van der Waals surface area contributed by atoms with E-state index >= 15 is 0 Å². The number of aromatic nitrogens is 4. The molecule has 0 radical (unpaired) electrons. The fraction of sp³-hybridized carbons (Fsp3) is 0.0667. The molecule has 0 saturated carbocycles. The van der Waals surface area contributed by atoms with Gasteiger partial charge in [-0.05, 0) is 23.8 Å². The van der Waals surface area contributed by atoms with Crippen LogP contribution in [0.3, 0.4) is 0 Å². The minimum atomic E-state index is -0.938. The molecule has 3 aromatic rings. The fourth-order valence-electron chi connectivity index (χ4n) is 1.84. The van der Waals surface area contributed by atoms with Gasteiger partial charge in [0, 0.05) is 30.7 Å². The van der Waals surface area contributed by atoms with Crippen LogP contribution in [0.2, 0.25) is 0 Å². The lowest BCUT2D eigenvalue weighted by atomic mass is 10.3. The summed E-state index contributed by atoms with van der Waals surface area (Å²) in [5.41, 5.74) is 1.33. The first-order valence-electron chi connectivity index (χ1n) is 6.75. The molecule has 23 heavy (non-hydrogen) atoms. The number of pyridine rings is 1. The maximum Gasteiger partial charge on any atom is 0.244 e. The van der Waals surface area contributed by atoms with Crippen molar-refractivity contribution in [2.45, 2.75) is 6.54 Å². The summed E-state index contributed by atoms with van der Waals surface area (Å²) in [6.07, 6.45) is 4.80. The first kappa shape index (κ1) is 14.8. The van der Waals surface area contributed by atoms with Gasteiger partial charge in [0.15, 0.2) is 17.5 Å². The van der Waals surface area contributed by atoms with Crippen molar-refractivity contribution in [1.82, 2.24) is 20.2 Å². The Morgan fingerprint density at radius 2 is 1.96 bits per heavy atom. The summed E-state index contributed by atoms with van der Waals surface area (Å²) in [5, 5.41) is 13.5. The van der Waals surface area contributed by atoms with Crippen molar-refractivity contribution in [3.05, 3.63) is 66.1 Å². The van der Waals surface area contributed by atoms with Crippen molar-refractivity contribution >= 4 is 17.5 Å². The third-order valence-electron chi connectivity index (χ3n) is 2.92. The number of benzene rings is 1. The molecule has 0 spiro atoms. The van der Waals surface area contributed by atoms with Crippen molar-refractivity contribution in [1.29, 1.82) is 0 Å². The predicted molar refractivity (Wildman–Crippen MR) is 81.0 cm³/mol. The molecule has 3 rings (SSSR count). The summed E-state index contributed by atoms with van der Waals surface area (Å²) in [5.74, 6) is -1.18. The lowest BCUT2D eigenvalue weighted by Gasteiger charge is -2.08. The van der Waals surface area contributed by atoms with Crippen LogP contribution in [0, 0.1) is 11.6 Å². The van der Waals surface area contributed by atoms with Crippen LogP contribution in [0.4, 0.5) is 26.2 Å². The third kappa shape index (κ3) is 3.94. The van der Waals surface area contributed by atoms with Crippen LogP contribution >= 0.6 is 0 Å². The molecule has 0 aliphatic heterocycles. The Kier molecular flexibility index (Phi) is 4.32. The van der Waals surface area contributed by atoms with E-state index in [0.717, 1.165) is 17.7 Å². The van der Waals surface area contributed by atoms with E-state index in [2.05, 4.69) is 30.8 Å². The minimum Gasteiger partial charge on any atom is -0.349 e. The standard InChI is InChI=1S/C15H12F2N6/c16-12-4-3-11(6-13(12)17)21-14-9-20-23-15(22-14)19-8-10-2-1-5-18-7-10/h1-7,9H,8H2,(H2,19,21,22,23). The second-order valence-corrected chi connectivity index (χ2v) is 4.63. The summed E-state index contributed by atoms with van der Waals surface area (Å²) in [6, 6.07) is 7.23. The lowest BCUT2D eigenvalue weighted by molar-refractivity contribution is 0.509. The molecule has 2 N–H and O–H groups in total. The zero-order valence-corrected chi connectivity index (χ0v) is 11.9. The molecule has 116 valence electrons. The van der Waals surface area contributed by atoms with Crippen LogP contribution in [0.15, 0.2) is 48.9 Å². The Bertz CT molecular complexity index is 797. The molecule has 2 heterocycles. The number of hydrogen-bond donors (Lipinski definition) is 2. The number of halogens is 2. The van der Waals surface area contributed by atoms with Gasteiger partial charge in [0.05, 0.1) is 6.20 Å². The number of nitrogens with one attached hydrogen (secondary N) is 2. The monoisotopic (exact) mass is 314 g/mol. The molecule has 8 heteroatoms. The molecular formula is C15H12F2N6. The Balaban J connectivity index is 1.68. The molecule has 1 aromatic carbocycles. The molecule has 2 aromatic heterocycles. The molecule has 0 fully saturated rings. The number of rotatable bonds is 5. The topological polar surface area (TPSA) is 75.6 Å². The van der Waals surface area contributed by atoms with Gasteiger partial charge in [-0.25, -0.2) is 8.78 Å². The second-order valence-electron chi connectivity index (χ2n) is 4.63. The Morgan fingerprint density at radius 3 is 2.74 bits per heavy atom. The first-order valence-corrected chi connectivity index (χ1v) is 6.75. The van der Waals surface area contributed by atoms with Crippen molar-refractivity contribution in [2.24, 2.45) is 0 Å². The Hall–Kier alpha value is -3.16. The highest BCUT2D eigenvalue weighted by molar-refractivity contribution is 5.56. The zero-order valence-electron chi connectivity index (χ0n) is 11.9. The fourth-order valence-corrected chi connectivity index (χ4v) is 1.84. The van der Waals surface area contributed by atoms with Gasteiger partial charge >= 0.3 is 0 Å². The van der Waals surface area contributed by atoms with Crippen molar-refractivity contribution in [3.8, 4) is 0 Å². The van der Waals surface area contributed by atoms with Gasteiger partial charge in [-0.1, -0.05) is 6.07 Å². The SMILES string of the molecule is Fc1ccc(Nc2cnnc(NCc3cccnc3)n2)cc1F. The van der Waals surface area contributed by atoms with Crippen LogP contribution in [-0.4, -0.2) is 20.2 Å². The lowest BCUT2D eigenvalue weighted by Crippen LogP contribution is -2.06. The Morgan fingerprint density at radius 1 is 1.04 bits per heavy atom. The molecule has 0 aliphatic rings. The smallest absolute Gasteiger partial charge is 0.244 e. The summed E-state index contributed by atoms with van der Waals surface area (Å²) in [7, 11) is 0. The largest absolute Gasteiger partial charge is 0.349 e. The quantitative estimate of drug-likeness (QED) is 0.754. The van der Waals surface area contributed by atoms with Crippen LogP contribution in [-0.2, 0) is 6.54 Å². The van der Waals surface area contributed by atoms with E-state index in [0.29, 0.717) is 24.0 Å². The van der Waals surface area contributed by atoms with Gasteiger partial charge < -0.3 is 10.6 Å². The van der Waals surface area contributed by atoms with Crippen LogP contribution in [0.1, 0.15) is 5.56 Å². The maximum atomic E-state index is 13.2. The molecule has 0 amide bonds. The van der Waals surface area contributed by atoms with E-state index in [9.17, 15) is 8.78 Å². The van der Waals surface area contributed by atoms with Gasteiger partial charge in [0.25, 0.3) is 0 Å². The van der Waals surface area contributed by atoms with Crippen LogP contribution in [0.5, 0.6) is 0 Å². The number of nitrogens with zero attached hydrogens (tertiary/aromatic N) is 4. The molecule has 0 bridgehead atoms. The highest BCUT2D eigenvalue weighted by Gasteiger charge is 2.05. The third-order valence-corrected chi connectivity index (χ3v) is 2.92. The highest BCUT2D eigenvalue weighted by Crippen LogP contribution is 2.17. The molecule has 0 aliphatic carbocycles. The van der Waals surface area contributed by atoms with E-state index in [1.165, 1.54) is 12.3 Å². The zero-order chi connectivity index (χ0) is 16.1. The van der Waals surface area contributed by atoms with Crippen molar-refractivity contribution < 1.29 is 8.78 Å². The second kappa shape index (κ2) is 6.73. The van der Waals surface area contributed by atoms with Crippen molar-refractivity contribution in [3.63, 3.8) is 0 Å². The van der Waals surface area contributed by atoms with Gasteiger partial charge in [0.2, 0.25) is 5.95 Å². The average molecular weight is 314 g/mol. The van der Waals surface area contributed by atoms with E-state index in [4.69, 9.17) is 0 Å². The van der Waals surface area contributed by atoms with Gasteiger partial charge in [-0.2, -0.15) is 10.1 Å². The highest BCUT2D eigenvalue weighted by atomic mass is 19.2. The summed E-state index contributed by atoms with van der Waals surface area (Å²) >= 11 is 0. The molecule has 0 saturated heterocycles. The van der Waals surface area contributed by atoms with Crippen LogP contribution < -0.4 is 10.6 Å². The Labute approximate surface area is 130 Å². The van der Waals surface area contributed by atoms with E-state index in [1.54, 1.807) is 12.4 Å². The molecule has 0 atom stereocenters.